The van der Waals surface area contributed by atoms with E-state index in [1.807, 2.05) is 18.2 Å². The van der Waals surface area contributed by atoms with Crippen LogP contribution in [-0.4, -0.2) is 56.2 Å². The Labute approximate surface area is 170 Å². The zero-order valence-electron chi connectivity index (χ0n) is 15.7. The van der Waals surface area contributed by atoms with Gasteiger partial charge in [-0.3, -0.25) is 10.00 Å². The molecule has 1 fully saturated rings. The van der Waals surface area contributed by atoms with Gasteiger partial charge in [-0.2, -0.15) is 5.10 Å². The lowest BCUT2D eigenvalue weighted by molar-refractivity contribution is 0.258. The molecule has 2 heterocycles. The molecule has 2 aromatic carbocycles. The molecule has 6 nitrogen and oxygen atoms in total. The largest absolute Gasteiger partial charge is 0.369 e. The topological polar surface area (TPSA) is 69.3 Å². The molecule has 4 rings (SSSR count). The van der Waals surface area contributed by atoms with Gasteiger partial charge in [-0.25, -0.2) is 8.42 Å². The molecule has 0 amide bonds. The third-order valence-corrected chi connectivity index (χ3v) is 7.37. The van der Waals surface area contributed by atoms with E-state index in [4.69, 9.17) is 11.6 Å². The molecule has 3 aromatic rings. The summed E-state index contributed by atoms with van der Waals surface area (Å²) in [5.41, 5.74) is 1.71. The van der Waals surface area contributed by atoms with Crippen molar-refractivity contribution in [2.24, 2.45) is 0 Å². The highest BCUT2D eigenvalue weighted by Gasteiger charge is 2.26. The van der Waals surface area contributed by atoms with Crippen LogP contribution in [-0.2, 0) is 9.84 Å². The summed E-state index contributed by atoms with van der Waals surface area (Å²) in [6, 6.07) is 12.3. The second-order valence-electron chi connectivity index (χ2n) is 7.02. The summed E-state index contributed by atoms with van der Waals surface area (Å²) in [6.07, 6.45) is 1.16. The molecule has 0 radical (unpaired) electrons. The molecule has 0 spiro atoms. The summed E-state index contributed by atoms with van der Waals surface area (Å²) >= 11 is 6.14. The SMILES string of the molecule is CCCN1CCN(c2ccc3[nH]nc(S(=O)(=O)c4ccccc4Cl)c3c2)CC1. The van der Waals surface area contributed by atoms with Gasteiger partial charge in [0.15, 0.2) is 5.03 Å². The van der Waals surface area contributed by atoms with Crippen molar-refractivity contribution in [3.05, 3.63) is 47.5 Å². The van der Waals surface area contributed by atoms with Gasteiger partial charge in [0.05, 0.1) is 15.4 Å². The minimum Gasteiger partial charge on any atom is -0.369 e. The lowest BCUT2D eigenvalue weighted by atomic mass is 10.2. The fourth-order valence-electron chi connectivity index (χ4n) is 3.69. The fourth-order valence-corrected chi connectivity index (χ4v) is 5.55. The number of nitrogens with zero attached hydrogens (tertiary/aromatic N) is 3. The Morgan fingerprint density at radius 3 is 2.57 bits per heavy atom. The zero-order chi connectivity index (χ0) is 19.7. The molecule has 1 aliphatic rings. The number of aromatic nitrogens is 2. The lowest BCUT2D eigenvalue weighted by Crippen LogP contribution is -2.46. The van der Waals surface area contributed by atoms with Crippen molar-refractivity contribution < 1.29 is 8.42 Å². The highest BCUT2D eigenvalue weighted by atomic mass is 35.5. The summed E-state index contributed by atoms with van der Waals surface area (Å²) in [6.45, 7) is 7.20. The first-order valence-corrected chi connectivity index (χ1v) is 11.3. The maximum absolute atomic E-state index is 13.1. The molecule has 0 unspecified atom stereocenters. The van der Waals surface area contributed by atoms with E-state index < -0.39 is 9.84 Å². The molecular weight excluding hydrogens is 396 g/mol. The van der Waals surface area contributed by atoms with Crippen molar-refractivity contribution in [2.75, 3.05) is 37.6 Å². The summed E-state index contributed by atoms with van der Waals surface area (Å²) in [7, 11) is -3.82. The quantitative estimate of drug-likeness (QED) is 0.685. The molecule has 1 aromatic heterocycles. The van der Waals surface area contributed by atoms with Crippen LogP contribution in [0, 0.1) is 0 Å². The van der Waals surface area contributed by atoms with Crippen LogP contribution in [0.4, 0.5) is 5.69 Å². The molecule has 1 saturated heterocycles. The van der Waals surface area contributed by atoms with Crippen LogP contribution in [0.1, 0.15) is 13.3 Å². The van der Waals surface area contributed by atoms with Gasteiger partial charge in [-0.05, 0) is 43.3 Å². The number of sulfone groups is 1. The Bertz CT molecular complexity index is 1090. The maximum atomic E-state index is 13.1. The van der Waals surface area contributed by atoms with Crippen molar-refractivity contribution in [3.8, 4) is 0 Å². The van der Waals surface area contributed by atoms with E-state index in [9.17, 15) is 8.42 Å². The van der Waals surface area contributed by atoms with Crippen LogP contribution >= 0.6 is 11.6 Å². The van der Waals surface area contributed by atoms with Crippen LogP contribution in [0.25, 0.3) is 10.9 Å². The van der Waals surface area contributed by atoms with Gasteiger partial charge in [-0.15, -0.1) is 0 Å². The third kappa shape index (κ3) is 3.50. The number of halogens is 1. The number of anilines is 1. The van der Waals surface area contributed by atoms with Crippen LogP contribution in [0.15, 0.2) is 52.4 Å². The van der Waals surface area contributed by atoms with Gasteiger partial charge in [0.2, 0.25) is 9.84 Å². The second kappa shape index (κ2) is 7.73. The summed E-state index contributed by atoms with van der Waals surface area (Å²) in [5, 5.41) is 7.75. The average molecular weight is 419 g/mol. The van der Waals surface area contributed by atoms with E-state index in [0.717, 1.165) is 44.8 Å². The van der Waals surface area contributed by atoms with Crippen molar-refractivity contribution in [2.45, 2.75) is 23.3 Å². The molecule has 0 aliphatic carbocycles. The van der Waals surface area contributed by atoms with Crippen LogP contribution in [0.2, 0.25) is 5.02 Å². The Kier molecular flexibility index (Phi) is 5.31. The highest BCUT2D eigenvalue weighted by Crippen LogP contribution is 2.32. The predicted octanol–water partition coefficient (Wildman–Crippen LogP) is 3.58. The Balaban J connectivity index is 1.69. The molecule has 28 heavy (non-hydrogen) atoms. The molecule has 0 atom stereocenters. The second-order valence-corrected chi connectivity index (χ2v) is 9.26. The number of H-pyrrole nitrogens is 1. The smallest absolute Gasteiger partial charge is 0.227 e. The van der Waals surface area contributed by atoms with Gasteiger partial charge < -0.3 is 4.90 Å². The van der Waals surface area contributed by atoms with Crippen LogP contribution < -0.4 is 4.90 Å². The van der Waals surface area contributed by atoms with Crippen molar-refractivity contribution in [3.63, 3.8) is 0 Å². The first-order chi connectivity index (χ1) is 13.5. The summed E-state index contributed by atoms with van der Waals surface area (Å²) in [5.74, 6) is 0. The Morgan fingerprint density at radius 2 is 1.86 bits per heavy atom. The maximum Gasteiger partial charge on any atom is 0.227 e. The number of fused-ring (bicyclic) bond motifs is 1. The molecule has 148 valence electrons. The standard InChI is InChI=1S/C20H23ClN4O2S/c1-2-9-24-10-12-25(13-11-24)15-7-8-18-16(14-15)20(23-22-18)28(26,27)19-6-4-3-5-17(19)21/h3-8,14H,2,9-13H2,1H3,(H,22,23). The molecule has 1 N–H and O–H groups in total. The fraction of sp³-hybridized carbons (Fsp3) is 0.350. The molecule has 1 aliphatic heterocycles. The number of hydrogen-bond acceptors (Lipinski definition) is 5. The van der Waals surface area contributed by atoms with Gasteiger partial charge in [0.1, 0.15) is 0 Å². The van der Waals surface area contributed by atoms with Crippen LogP contribution in [0.3, 0.4) is 0 Å². The minimum atomic E-state index is -3.82. The van der Waals surface area contributed by atoms with Crippen molar-refractivity contribution >= 4 is 38.0 Å². The van der Waals surface area contributed by atoms with E-state index in [1.54, 1.807) is 18.2 Å². The van der Waals surface area contributed by atoms with Gasteiger partial charge >= 0.3 is 0 Å². The highest BCUT2D eigenvalue weighted by molar-refractivity contribution is 7.91. The normalized spacial score (nSPS) is 16.0. The zero-order valence-corrected chi connectivity index (χ0v) is 17.3. The number of nitrogens with one attached hydrogen (secondary N) is 1. The van der Waals surface area contributed by atoms with Gasteiger partial charge in [0.25, 0.3) is 0 Å². The van der Waals surface area contributed by atoms with Crippen molar-refractivity contribution in [1.82, 2.24) is 15.1 Å². The Hall–Kier alpha value is -2.09. The molecule has 0 bridgehead atoms. The number of rotatable bonds is 5. The molecule has 8 heteroatoms. The summed E-state index contributed by atoms with van der Waals surface area (Å²) < 4.78 is 26.3. The monoisotopic (exact) mass is 418 g/mol. The lowest BCUT2D eigenvalue weighted by Gasteiger charge is -2.36. The van der Waals surface area contributed by atoms with Gasteiger partial charge in [0, 0.05) is 37.3 Å². The Morgan fingerprint density at radius 1 is 1.11 bits per heavy atom. The first kappa shape index (κ1) is 19.2. The van der Waals surface area contributed by atoms with E-state index >= 15 is 0 Å². The number of hydrogen-bond donors (Lipinski definition) is 1. The van der Waals surface area contributed by atoms with E-state index in [-0.39, 0.29) is 14.9 Å². The molecule has 0 saturated carbocycles. The molecular formula is C20H23ClN4O2S. The first-order valence-electron chi connectivity index (χ1n) is 9.46. The van der Waals surface area contributed by atoms with E-state index in [1.165, 1.54) is 6.07 Å². The number of aromatic amines is 1. The average Bonchev–Trinajstić information content (AvgIpc) is 3.13. The summed E-state index contributed by atoms with van der Waals surface area (Å²) in [4.78, 5) is 4.83. The minimum absolute atomic E-state index is 0.0158. The van der Waals surface area contributed by atoms with Gasteiger partial charge in [-0.1, -0.05) is 30.7 Å². The number of benzene rings is 2. The number of piperazine rings is 1. The van der Waals surface area contributed by atoms with Crippen LogP contribution in [0.5, 0.6) is 0 Å². The third-order valence-electron chi connectivity index (χ3n) is 5.17. The van der Waals surface area contributed by atoms with E-state index in [2.05, 4.69) is 26.9 Å². The predicted molar refractivity (Wildman–Crippen MR) is 112 cm³/mol. The van der Waals surface area contributed by atoms with E-state index in [0.29, 0.717) is 10.9 Å². The van der Waals surface area contributed by atoms with Crippen molar-refractivity contribution in [1.29, 1.82) is 0 Å².